The number of anilines is 1. The largest absolute Gasteiger partial charge is 0.466 e. The summed E-state index contributed by atoms with van der Waals surface area (Å²) >= 11 is 0. The van der Waals surface area contributed by atoms with Gasteiger partial charge in [0, 0.05) is 23.6 Å². The first-order valence-electron chi connectivity index (χ1n) is 7.87. The second-order valence-corrected chi connectivity index (χ2v) is 5.76. The lowest BCUT2D eigenvalue weighted by Gasteiger charge is -2.11. The summed E-state index contributed by atoms with van der Waals surface area (Å²) < 4.78 is 16.4. The average molecular weight is 336 g/mol. The molecule has 6 nitrogen and oxygen atoms in total. The van der Waals surface area contributed by atoms with E-state index in [1.54, 1.807) is 24.5 Å². The van der Waals surface area contributed by atoms with E-state index in [1.807, 2.05) is 25.1 Å². The summed E-state index contributed by atoms with van der Waals surface area (Å²) in [6, 6.07) is 9.07. The summed E-state index contributed by atoms with van der Waals surface area (Å²) in [5.41, 5.74) is 2.97. The molecule has 0 radical (unpaired) electrons. The van der Waals surface area contributed by atoms with E-state index in [1.165, 1.54) is 6.26 Å². The molecule has 0 saturated carbocycles. The minimum atomic E-state index is -0.207. The van der Waals surface area contributed by atoms with Gasteiger partial charge in [0.25, 0.3) is 5.91 Å². The second kappa shape index (κ2) is 6.41. The quantitative estimate of drug-likeness (QED) is 0.778. The molecule has 1 aliphatic rings. The first-order valence-corrected chi connectivity index (χ1v) is 7.87. The van der Waals surface area contributed by atoms with Crippen LogP contribution in [0, 0.1) is 6.92 Å². The monoisotopic (exact) mass is 336 g/mol. The predicted molar refractivity (Wildman–Crippen MR) is 90.6 cm³/mol. The van der Waals surface area contributed by atoms with Gasteiger partial charge in [-0.15, -0.1) is 0 Å². The number of rotatable bonds is 4. The van der Waals surface area contributed by atoms with Crippen LogP contribution in [0.15, 0.2) is 53.4 Å². The summed E-state index contributed by atoms with van der Waals surface area (Å²) in [6.07, 6.45) is 4.83. The van der Waals surface area contributed by atoms with Crippen molar-refractivity contribution >= 4 is 11.6 Å². The summed E-state index contributed by atoms with van der Waals surface area (Å²) in [6.45, 7) is 2.74. The van der Waals surface area contributed by atoms with Gasteiger partial charge in [0.15, 0.2) is 0 Å². The Hall–Kier alpha value is -3.12. The number of carbonyl (C=O) groups excluding carboxylic acids is 1. The van der Waals surface area contributed by atoms with Gasteiger partial charge in [-0.2, -0.15) is 0 Å². The van der Waals surface area contributed by atoms with Crippen molar-refractivity contribution in [2.45, 2.75) is 20.1 Å². The average Bonchev–Trinajstić information content (AvgIpc) is 3.21. The van der Waals surface area contributed by atoms with E-state index in [-0.39, 0.29) is 5.91 Å². The Labute approximate surface area is 144 Å². The zero-order valence-corrected chi connectivity index (χ0v) is 13.6. The number of amides is 1. The van der Waals surface area contributed by atoms with Gasteiger partial charge in [-0.3, -0.25) is 9.78 Å². The molecular weight excluding hydrogens is 320 g/mol. The van der Waals surface area contributed by atoms with Crippen LogP contribution in [0.3, 0.4) is 0 Å². The molecule has 3 heterocycles. The van der Waals surface area contributed by atoms with Crippen LogP contribution in [-0.2, 0) is 18.0 Å². The lowest BCUT2D eigenvalue weighted by atomic mass is 10.1. The molecule has 126 valence electrons. The molecule has 1 aromatic carbocycles. The van der Waals surface area contributed by atoms with Crippen LogP contribution in [0.4, 0.5) is 5.69 Å². The Morgan fingerprint density at radius 3 is 2.80 bits per heavy atom. The Morgan fingerprint density at radius 1 is 1.16 bits per heavy atom. The van der Waals surface area contributed by atoms with Gasteiger partial charge >= 0.3 is 0 Å². The lowest BCUT2D eigenvalue weighted by molar-refractivity contribution is 0.101. The number of carbonyl (C=O) groups is 1. The summed E-state index contributed by atoms with van der Waals surface area (Å²) in [4.78, 5) is 16.5. The molecule has 0 spiro atoms. The third-order valence-corrected chi connectivity index (χ3v) is 4.04. The number of hydrogen-bond acceptors (Lipinski definition) is 5. The molecule has 0 saturated heterocycles. The van der Waals surface area contributed by atoms with Crippen molar-refractivity contribution in [1.29, 1.82) is 0 Å². The maximum Gasteiger partial charge on any atom is 0.259 e. The number of pyridine rings is 1. The van der Waals surface area contributed by atoms with Gasteiger partial charge in [0.2, 0.25) is 0 Å². The lowest BCUT2D eigenvalue weighted by Crippen LogP contribution is -2.13. The maximum atomic E-state index is 12.5. The molecular formula is C19H16N2O4. The summed E-state index contributed by atoms with van der Waals surface area (Å²) in [7, 11) is 0. The third kappa shape index (κ3) is 3.12. The fourth-order valence-corrected chi connectivity index (χ4v) is 2.71. The van der Waals surface area contributed by atoms with E-state index in [0.717, 1.165) is 22.6 Å². The molecule has 1 N–H and O–H groups in total. The van der Waals surface area contributed by atoms with Crippen LogP contribution < -0.4 is 10.1 Å². The number of nitrogens with zero attached hydrogens (tertiary/aromatic N) is 1. The van der Waals surface area contributed by atoms with Crippen LogP contribution in [0.1, 0.15) is 27.2 Å². The zero-order valence-electron chi connectivity index (χ0n) is 13.6. The molecule has 0 aliphatic carbocycles. The van der Waals surface area contributed by atoms with Crippen molar-refractivity contribution in [2.24, 2.45) is 0 Å². The van der Waals surface area contributed by atoms with Gasteiger partial charge in [-0.25, -0.2) is 0 Å². The van der Waals surface area contributed by atoms with Crippen molar-refractivity contribution in [3.63, 3.8) is 0 Å². The van der Waals surface area contributed by atoms with Crippen molar-refractivity contribution in [1.82, 2.24) is 4.98 Å². The van der Waals surface area contributed by atoms with Gasteiger partial charge in [-0.05, 0) is 42.8 Å². The Balaban J connectivity index is 1.50. The van der Waals surface area contributed by atoms with E-state index < -0.39 is 0 Å². The maximum absolute atomic E-state index is 12.5. The zero-order chi connectivity index (χ0) is 17.2. The fraction of sp³-hybridized carbons (Fsp3) is 0.158. The molecule has 0 atom stereocenters. The van der Waals surface area contributed by atoms with E-state index >= 15 is 0 Å². The van der Waals surface area contributed by atoms with Gasteiger partial charge < -0.3 is 19.2 Å². The van der Waals surface area contributed by atoms with E-state index in [2.05, 4.69) is 10.3 Å². The van der Waals surface area contributed by atoms with E-state index in [9.17, 15) is 4.79 Å². The van der Waals surface area contributed by atoms with Gasteiger partial charge in [0.1, 0.15) is 30.1 Å². The van der Waals surface area contributed by atoms with Crippen LogP contribution in [-0.4, -0.2) is 10.9 Å². The predicted octanol–water partition coefficient (Wildman–Crippen LogP) is 4.06. The molecule has 2 aromatic heterocycles. The van der Waals surface area contributed by atoms with Crippen molar-refractivity contribution < 1.29 is 18.7 Å². The molecule has 25 heavy (non-hydrogen) atoms. The first-order chi connectivity index (χ1) is 12.2. The first kappa shape index (κ1) is 15.4. The highest BCUT2D eigenvalue weighted by Gasteiger charge is 2.24. The van der Waals surface area contributed by atoms with Crippen LogP contribution in [0.5, 0.6) is 11.5 Å². The van der Waals surface area contributed by atoms with E-state index in [0.29, 0.717) is 30.3 Å². The Morgan fingerprint density at radius 2 is 2.00 bits per heavy atom. The molecule has 0 fully saturated rings. The molecule has 4 rings (SSSR count). The number of nitrogens with one attached hydrogen (secondary N) is 1. The molecule has 0 bridgehead atoms. The highest BCUT2D eigenvalue weighted by Crippen LogP contribution is 2.28. The summed E-state index contributed by atoms with van der Waals surface area (Å²) in [5.74, 6) is 1.92. The summed E-state index contributed by atoms with van der Waals surface area (Å²) in [5, 5.41) is 2.91. The normalized spacial score (nSPS) is 12.7. The Kier molecular flexibility index (Phi) is 3.95. The van der Waals surface area contributed by atoms with Crippen molar-refractivity contribution in [2.75, 3.05) is 5.32 Å². The minimum Gasteiger partial charge on any atom is -0.466 e. The topological polar surface area (TPSA) is 73.6 Å². The van der Waals surface area contributed by atoms with Gasteiger partial charge in [0.05, 0.1) is 12.2 Å². The third-order valence-electron chi connectivity index (χ3n) is 4.04. The highest BCUT2D eigenvalue weighted by atomic mass is 16.5. The van der Waals surface area contributed by atoms with Crippen molar-refractivity contribution in [3.8, 4) is 11.5 Å². The molecule has 3 aromatic rings. The van der Waals surface area contributed by atoms with Gasteiger partial charge in [-0.1, -0.05) is 0 Å². The van der Waals surface area contributed by atoms with Crippen LogP contribution in [0.25, 0.3) is 0 Å². The smallest absolute Gasteiger partial charge is 0.259 e. The minimum absolute atomic E-state index is 0.207. The highest BCUT2D eigenvalue weighted by molar-refractivity contribution is 6.05. The standard InChI is InChI=1S/C19H16N2O4/c1-12-8-14(25-13-4-6-20-7-5-13)2-3-17(12)21-19(22)16-10-24-18-11-23-9-15(16)18/h2-8,10H,9,11H2,1H3,(H,21,22). The number of benzene rings is 1. The molecule has 0 unspecified atom stereocenters. The number of furan rings is 1. The van der Waals surface area contributed by atoms with Crippen LogP contribution >= 0.6 is 0 Å². The molecule has 1 amide bonds. The van der Waals surface area contributed by atoms with Crippen molar-refractivity contribution in [3.05, 3.63) is 71.4 Å². The number of aryl methyl sites for hydroxylation is 1. The number of hydrogen-bond donors (Lipinski definition) is 1. The van der Waals surface area contributed by atoms with Crippen LogP contribution in [0.2, 0.25) is 0 Å². The Bertz CT molecular complexity index is 918. The fourth-order valence-electron chi connectivity index (χ4n) is 2.71. The second-order valence-electron chi connectivity index (χ2n) is 5.76. The molecule has 1 aliphatic heterocycles. The van der Waals surface area contributed by atoms with E-state index in [4.69, 9.17) is 13.9 Å². The number of aromatic nitrogens is 1. The number of ether oxygens (including phenoxy) is 2. The SMILES string of the molecule is Cc1cc(Oc2ccncc2)ccc1NC(=O)c1coc2c1COC2. The molecule has 6 heteroatoms. The number of fused-ring (bicyclic) bond motifs is 1.